The highest BCUT2D eigenvalue weighted by atomic mass is 16.5. The molecule has 3 unspecified atom stereocenters. The molecule has 3 heteroatoms. The van der Waals surface area contributed by atoms with Gasteiger partial charge in [-0.25, -0.2) is 0 Å². The van der Waals surface area contributed by atoms with E-state index < -0.39 is 0 Å². The molecule has 2 rings (SSSR count). The highest BCUT2D eigenvalue weighted by Gasteiger charge is 2.57. The number of fused-ring (bicyclic) bond motifs is 1. The predicted molar refractivity (Wildman–Crippen MR) is 75.8 cm³/mol. The van der Waals surface area contributed by atoms with Crippen molar-refractivity contribution in [3.05, 3.63) is 0 Å². The monoisotopic (exact) mass is 254 g/mol. The summed E-state index contributed by atoms with van der Waals surface area (Å²) in [5.74, 6) is 0.728. The highest BCUT2D eigenvalue weighted by Crippen LogP contribution is 2.51. The number of nitrogens with zero attached hydrogens (tertiary/aromatic N) is 1. The lowest BCUT2D eigenvalue weighted by atomic mass is 9.55. The van der Waals surface area contributed by atoms with Gasteiger partial charge in [-0.1, -0.05) is 13.8 Å². The van der Waals surface area contributed by atoms with Crippen LogP contribution in [0.25, 0.3) is 0 Å². The third-order valence-electron chi connectivity index (χ3n) is 5.30. The van der Waals surface area contributed by atoms with Crippen LogP contribution >= 0.6 is 0 Å². The van der Waals surface area contributed by atoms with Gasteiger partial charge in [0.25, 0.3) is 0 Å². The van der Waals surface area contributed by atoms with Crippen molar-refractivity contribution < 1.29 is 4.74 Å². The van der Waals surface area contributed by atoms with E-state index in [1.54, 1.807) is 0 Å². The van der Waals surface area contributed by atoms with E-state index in [0.717, 1.165) is 19.1 Å². The van der Waals surface area contributed by atoms with E-state index in [4.69, 9.17) is 4.74 Å². The molecule has 3 atom stereocenters. The molecule has 0 amide bonds. The standard InChI is InChI=1S/C15H30N2O/c1-14(2,17(5)6)10-16-12-11-8-7-9-18-13(11)15(12,3)4/h11-13,16H,7-10H2,1-6H3. The second-order valence-electron chi connectivity index (χ2n) is 7.48. The lowest BCUT2D eigenvalue weighted by Crippen LogP contribution is -2.70. The summed E-state index contributed by atoms with van der Waals surface area (Å²) in [6, 6.07) is 0.613. The minimum absolute atomic E-state index is 0.205. The van der Waals surface area contributed by atoms with Gasteiger partial charge in [0.2, 0.25) is 0 Å². The lowest BCUT2D eigenvalue weighted by Gasteiger charge is -2.60. The van der Waals surface area contributed by atoms with E-state index in [1.807, 2.05) is 0 Å². The summed E-state index contributed by atoms with van der Waals surface area (Å²) in [6.45, 7) is 11.3. The van der Waals surface area contributed by atoms with E-state index in [-0.39, 0.29) is 11.0 Å². The Labute approximate surface area is 112 Å². The molecule has 1 saturated carbocycles. The second-order valence-corrected chi connectivity index (χ2v) is 7.48. The quantitative estimate of drug-likeness (QED) is 0.832. The van der Waals surface area contributed by atoms with E-state index in [1.165, 1.54) is 12.8 Å². The number of hydrogen-bond donors (Lipinski definition) is 1. The van der Waals surface area contributed by atoms with Crippen molar-refractivity contribution in [2.24, 2.45) is 11.3 Å². The molecule has 106 valence electrons. The minimum Gasteiger partial charge on any atom is -0.377 e. The summed E-state index contributed by atoms with van der Waals surface area (Å²) in [5, 5.41) is 3.81. The predicted octanol–water partition coefficient (Wildman–Crippen LogP) is 2.12. The van der Waals surface area contributed by atoms with Crippen LogP contribution in [-0.2, 0) is 4.74 Å². The van der Waals surface area contributed by atoms with Crippen molar-refractivity contribution in [2.75, 3.05) is 27.2 Å². The average Bonchev–Trinajstić information content (AvgIpc) is 2.28. The third kappa shape index (κ3) is 2.33. The summed E-state index contributed by atoms with van der Waals surface area (Å²) >= 11 is 0. The summed E-state index contributed by atoms with van der Waals surface area (Å²) in [4.78, 5) is 2.29. The van der Waals surface area contributed by atoms with Gasteiger partial charge in [-0.15, -0.1) is 0 Å². The Morgan fingerprint density at radius 1 is 1.33 bits per heavy atom. The van der Waals surface area contributed by atoms with Gasteiger partial charge < -0.3 is 15.0 Å². The summed E-state index contributed by atoms with van der Waals surface area (Å²) in [6.07, 6.45) is 3.03. The van der Waals surface area contributed by atoms with Crippen LogP contribution in [0.2, 0.25) is 0 Å². The molecule has 18 heavy (non-hydrogen) atoms. The Kier molecular flexibility index (Phi) is 3.79. The fourth-order valence-electron chi connectivity index (χ4n) is 3.45. The summed E-state index contributed by atoms with van der Waals surface area (Å²) in [5.41, 5.74) is 0.490. The first-order valence-electron chi connectivity index (χ1n) is 7.29. The van der Waals surface area contributed by atoms with Gasteiger partial charge in [-0.05, 0) is 40.8 Å². The molecular weight excluding hydrogens is 224 g/mol. The van der Waals surface area contributed by atoms with Gasteiger partial charge in [0.15, 0.2) is 0 Å². The molecule has 1 N–H and O–H groups in total. The SMILES string of the molecule is CN(C)C(C)(C)CNC1C2CCCOC2C1(C)C. The number of hydrogen-bond acceptors (Lipinski definition) is 3. The molecule has 2 fully saturated rings. The van der Waals surface area contributed by atoms with Gasteiger partial charge in [0, 0.05) is 36.1 Å². The van der Waals surface area contributed by atoms with E-state index in [9.17, 15) is 0 Å². The molecule has 1 aliphatic heterocycles. The Morgan fingerprint density at radius 3 is 2.61 bits per heavy atom. The van der Waals surface area contributed by atoms with Gasteiger partial charge in [0.1, 0.15) is 0 Å². The molecule has 0 radical (unpaired) electrons. The zero-order chi connectivity index (χ0) is 13.6. The Hall–Kier alpha value is -0.120. The first kappa shape index (κ1) is 14.3. The maximum absolute atomic E-state index is 5.95. The van der Waals surface area contributed by atoms with Gasteiger partial charge in [-0.2, -0.15) is 0 Å². The Balaban J connectivity index is 1.93. The molecule has 1 aliphatic carbocycles. The van der Waals surface area contributed by atoms with Crippen LogP contribution in [0.4, 0.5) is 0 Å². The summed E-state index contributed by atoms with van der Waals surface area (Å²) < 4.78 is 5.95. The topological polar surface area (TPSA) is 24.5 Å². The molecule has 1 saturated heterocycles. The van der Waals surface area contributed by atoms with E-state index >= 15 is 0 Å². The molecule has 2 aliphatic rings. The fraction of sp³-hybridized carbons (Fsp3) is 1.00. The maximum Gasteiger partial charge on any atom is 0.0684 e. The molecule has 0 spiro atoms. The molecular formula is C15H30N2O. The minimum atomic E-state index is 0.205. The van der Waals surface area contributed by atoms with Crippen LogP contribution in [0, 0.1) is 11.3 Å². The lowest BCUT2D eigenvalue weighted by molar-refractivity contribution is -0.193. The molecule has 0 aromatic carbocycles. The third-order valence-corrected chi connectivity index (χ3v) is 5.30. The van der Waals surface area contributed by atoms with Crippen LogP contribution in [-0.4, -0.2) is 49.8 Å². The van der Waals surface area contributed by atoms with Crippen molar-refractivity contribution in [1.82, 2.24) is 10.2 Å². The second kappa shape index (κ2) is 4.77. The highest BCUT2D eigenvalue weighted by molar-refractivity contribution is 5.10. The number of nitrogens with one attached hydrogen (secondary N) is 1. The first-order chi connectivity index (χ1) is 8.27. The van der Waals surface area contributed by atoms with Gasteiger partial charge >= 0.3 is 0 Å². The van der Waals surface area contributed by atoms with Crippen LogP contribution in [0.1, 0.15) is 40.5 Å². The molecule has 0 aromatic rings. The number of rotatable bonds is 4. The van der Waals surface area contributed by atoms with Crippen LogP contribution in [0.3, 0.4) is 0 Å². The largest absolute Gasteiger partial charge is 0.377 e. The van der Waals surface area contributed by atoms with Crippen molar-refractivity contribution >= 4 is 0 Å². The molecule has 1 heterocycles. The normalized spacial score (nSPS) is 35.2. The van der Waals surface area contributed by atoms with Crippen molar-refractivity contribution in [3.8, 4) is 0 Å². The Morgan fingerprint density at radius 2 is 2.00 bits per heavy atom. The number of ether oxygens (including phenoxy) is 1. The smallest absolute Gasteiger partial charge is 0.0684 e. The molecule has 3 nitrogen and oxygen atoms in total. The van der Waals surface area contributed by atoms with Gasteiger partial charge in [0.05, 0.1) is 6.10 Å². The van der Waals surface area contributed by atoms with Crippen LogP contribution in [0.15, 0.2) is 0 Å². The molecule has 0 aromatic heterocycles. The first-order valence-corrected chi connectivity index (χ1v) is 7.29. The average molecular weight is 254 g/mol. The van der Waals surface area contributed by atoms with Crippen LogP contribution in [0.5, 0.6) is 0 Å². The number of likely N-dealkylation sites (N-methyl/N-ethyl adjacent to an activating group) is 1. The fourth-order valence-corrected chi connectivity index (χ4v) is 3.45. The maximum atomic E-state index is 5.95. The van der Waals surface area contributed by atoms with Gasteiger partial charge in [-0.3, -0.25) is 0 Å². The molecule has 0 bridgehead atoms. The van der Waals surface area contributed by atoms with Crippen molar-refractivity contribution in [3.63, 3.8) is 0 Å². The van der Waals surface area contributed by atoms with E-state index in [0.29, 0.717) is 12.1 Å². The van der Waals surface area contributed by atoms with Crippen LogP contribution < -0.4 is 5.32 Å². The summed E-state index contributed by atoms with van der Waals surface area (Å²) in [7, 11) is 4.31. The Bertz CT molecular complexity index is 299. The zero-order valence-electron chi connectivity index (χ0n) is 12.9. The van der Waals surface area contributed by atoms with E-state index in [2.05, 4.69) is 52.0 Å². The van der Waals surface area contributed by atoms with Crippen molar-refractivity contribution in [2.45, 2.75) is 58.2 Å². The van der Waals surface area contributed by atoms with Crippen molar-refractivity contribution in [1.29, 1.82) is 0 Å². The zero-order valence-corrected chi connectivity index (χ0v) is 12.9.